The predicted molar refractivity (Wildman–Crippen MR) is 73.0 cm³/mol. The molecule has 1 rings (SSSR count). The highest BCUT2D eigenvalue weighted by molar-refractivity contribution is 9.09. The van der Waals surface area contributed by atoms with E-state index in [1.807, 2.05) is 25.1 Å². The van der Waals surface area contributed by atoms with Gasteiger partial charge in [-0.25, -0.2) is 0 Å². The molecule has 0 saturated heterocycles. The lowest BCUT2D eigenvalue weighted by molar-refractivity contribution is 0.0986. The summed E-state index contributed by atoms with van der Waals surface area (Å²) >= 11 is 6.68. The highest BCUT2D eigenvalue weighted by atomic mass is 79.9. The summed E-state index contributed by atoms with van der Waals surface area (Å²) in [5, 5.41) is 1.37. The van der Waals surface area contributed by atoms with E-state index in [2.05, 4.69) is 31.9 Å². The number of halogens is 2. The molecule has 0 bridgehead atoms. The van der Waals surface area contributed by atoms with Gasteiger partial charge < -0.3 is 4.74 Å². The molecule has 16 heavy (non-hydrogen) atoms. The van der Waals surface area contributed by atoms with Crippen molar-refractivity contribution in [3.05, 3.63) is 29.3 Å². The molecule has 4 heteroatoms. The first-order valence-electron chi connectivity index (χ1n) is 5.14. The van der Waals surface area contributed by atoms with Gasteiger partial charge >= 0.3 is 0 Å². The van der Waals surface area contributed by atoms with E-state index < -0.39 is 0 Å². The van der Waals surface area contributed by atoms with E-state index in [0.717, 1.165) is 5.56 Å². The second kappa shape index (κ2) is 7.07. The molecule has 1 aromatic carbocycles. The first-order valence-corrected chi connectivity index (χ1v) is 7.38. The number of carbonyl (C=O) groups is 1. The van der Waals surface area contributed by atoms with Gasteiger partial charge in [0.2, 0.25) is 0 Å². The maximum atomic E-state index is 11.9. The minimum Gasteiger partial charge on any atom is -0.493 e. The minimum atomic E-state index is 0.114. The summed E-state index contributed by atoms with van der Waals surface area (Å²) in [6, 6.07) is 5.67. The van der Waals surface area contributed by atoms with Crippen LogP contribution >= 0.6 is 31.9 Å². The van der Waals surface area contributed by atoms with Crippen molar-refractivity contribution in [3.63, 3.8) is 0 Å². The molecule has 2 nitrogen and oxygen atoms in total. The highest BCUT2D eigenvalue weighted by Crippen LogP contribution is 2.27. The summed E-state index contributed by atoms with van der Waals surface area (Å²) < 4.78 is 5.56. The third kappa shape index (κ3) is 3.32. The van der Waals surface area contributed by atoms with Crippen LogP contribution in [0.15, 0.2) is 18.2 Å². The van der Waals surface area contributed by atoms with Crippen molar-refractivity contribution in [3.8, 4) is 5.75 Å². The molecule has 0 atom stereocenters. The lowest BCUT2D eigenvalue weighted by Crippen LogP contribution is -2.06. The van der Waals surface area contributed by atoms with Gasteiger partial charge in [-0.15, -0.1) is 0 Å². The largest absolute Gasteiger partial charge is 0.493 e. The molecule has 0 N–H and O–H groups in total. The molecule has 0 fully saturated rings. The fraction of sp³-hybridized carbons (Fsp3) is 0.417. The minimum absolute atomic E-state index is 0.114. The number of para-hydroxylation sites is 1. The van der Waals surface area contributed by atoms with E-state index in [1.54, 1.807) is 0 Å². The van der Waals surface area contributed by atoms with Gasteiger partial charge in [0.05, 0.1) is 12.2 Å². The van der Waals surface area contributed by atoms with Crippen LogP contribution in [0.3, 0.4) is 0 Å². The van der Waals surface area contributed by atoms with Gasteiger partial charge in [0.1, 0.15) is 5.75 Å². The predicted octanol–water partition coefficient (Wildman–Crippen LogP) is 3.95. The lowest BCUT2D eigenvalue weighted by Gasteiger charge is -2.12. The normalized spacial score (nSPS) is 10.2. The van der Waals surface area contributed by atoms with Crippen LogP contribution in [0.4, 0.5) is 0 Å². The molecule has 0 saturated carbocycles. The summed E-state index contributed by atoms with van der Waals surface area (Å²) in [6.07, 6.45) is 0.492. The van der Waals surface area contributed by atoms with E-state index in [-0.39, 0.29) is 5.78 Å². The van der Waals surface area contributed by atoms with Gasteiger partial charge in [-0.05, 0) is 13.0 Å². The molecule has 0 aromatic heterocycles. The lowest BCUT2D eigenvalue weighted by atomic mass is 10.0. The average Bonchev–Trinajstić information content (AvgIpc) is 2.30. The molecule has 0 radical (unpaired) electrons. The smallest absolute Gasteiger partial charge is 0.167 e. The Morgan fingerprint density at radius 3 is 2.69 bits per heavy atom. The quantitative estimate of drug-likeness (QED) is 0.574. The topological polar surface area (TPSA) is 26.3 Å². The Morgan fingerprint density at radius 1 is 1.38 bits per heavy atom. The van der Waals surface area contributed by atoms with E-state index in [0.29, 0.717) is 35.0 Å². The second-order valence-corrected chi connectivity index (χ2v) is 4.58. The maximum Gasteiger partial charge on any atom is 0.167 e. The third-order valence-corrected chi connectivity index (χ3v) is 3.15. The first-order chi connectivity index (χ1) is 7.74. The Bertz CT molecular complexity index is 364. The number of rotatable bonds is 6. The zero-order chi connectivity index (χ0) is 12.0. The van der Waals surface area contributed by atoms with E-state index in [1.165, 1.54) is 0 Å². The molecule has 0 aliphatic rings. The fourth-order valence-electron chi connectivity index (χ4n) is 1.44. The maximum absolute atomic E-state index is 11.9. The summed E-state index contributed by atoms with van der Waals surface area (Å²) in [6.45, 7) is 2.49. The summed E-state index contributed by atoms with van der Waals surface area (Å²) in [4.78, 5) is 11.9. The molecule has 0 heterocycles. The van der Waals surface area contributed by atoms with E-state index >= 15 is 0 Å². The highest BCUT2D eigenvalue weighted by Gasteiger charge is 2.14. The molecule has 0 amide bonds. The van der Waals surface area contributed by atoms with Gasteiger partial charge in [0.15, 0.2) is 5.78 Å². The zero-order valence-electron chi connectivity index (χ0n) is 9.13. The summed E-state index contributed by atoms with van der Waals surface area (Å²) in [5.74, 6) is 0.830. The molecule has 88 valence electrons. The molecule has 1 aromatic rings. The standard InChI is InChI=1S/C12H14Br2O2/c1-2-16-12-9(8-14)4-3-5-10(12)11(15)6-7-13/h3-5H,2,6-8H2,1H3. The number of ether oxygens (including phenoxy) is 1. The average molecular weight is 350 g/mol. The monoisotopic (exact) mass is 348 g/mol. The number of hydrogen-bond acceptors (Lipinski definition) is 2. The molecule has 0 unspecified atom stereocenters. The van der Waals surface area contributed by atoms with Crippen LogP contribution in [0.5, 0.6) is 5.75 Å². The molecule has 0 aliphatic heterocycles. The Kier molecular flexibility index (Phi) is 6.06. The van der Waals surface area contributed by atoms with Crippen LogP contribution in [-0.4, -0.2) is 17.7 Å². The van der Waals surface area contributed by atoms with Crippen molar-refractivity contribution >= 4 is 37.6 Å². The van der Waals surface area contributed by atoms with Crippen molar-refractivity contribution in [2.75, 3.05) is 11.9 Å². The van der Waals surface area contributed by atoms with Crippen LogP contribution in [0, 0.1) is 0 Å². The molecule has 0 aliphatic carbocycles. The summed E-state index contributed by atoms with van der Waals surface area (Å²) in [7, 11) is 0. The second-order valence-electron chi connectivity index (χ2n) is 3.22. The van der Waals surface area contributed by atoms with Crippen molar-refractivity contribution in [1.82, 2.24) is 0 Å². The number of hydrogen-bond donors (Lipinski definition) is 0. The van der Waals surface area contributed by atoms with E-state index in [4.69, 9.17) is 4.74 Å². The number of alkyl halides is 2. The summed E-state index contributed by atoms with van der Waals surface area (Å²) in [5.41, 5.74) is 1.69. The van der Waals surface area contributed by atoms with Crippen LogP contribution in [0.25, 0.3) is 0 Å². The number of Topliss-reactive ketones (excluding diaryl/α,β-unsaturated/α-hetero) is 1. The Morgan fingerprint density at radius 2 is 2.12 bits per heavy atom. The van der Waals surface area contributed by atoms with Crippen molar-refractivity contribution in [2.45, 2.75) is 18.7 Å². The van der Waals surface area contributed by atoms with Crippen molar-refractivity contribution in [1.29, 1.82) is 0 Å². The number of benzene rings is 1. The Balaban J connectivity index is 3.10. The first kappa shape index (κ1) is 13.7. The Labute approximate surface area is 113 Å². The van der Waals surface area contributed by atoms with E-state index in [9.17, 15) is 4.79 Å². The van der Waals surface area contributed by atoms with Crippen LogP contribution in [-0.2, 0) is 5.33 Å². The Hall–Kier alpha value is -0.350. The van der Waals surface area contributed by atoms with Gasteiger partial charge in [-0.3, -0.25) is 4.79 Å². The van der Waals surface area contributed by atoms with Gasteiger partial charge in [-0.1, -0.05) is 44.0 Å². The molecule has 0 spiro atoms. The zero-order valence-corrected chi connectivity index (χ0v) is 12.3. The SMILES string of the molecule is CCOc1c(CBr)cccc1C(=O)CCBr. The third-order valence-electron chi connectivity index (χ3n) is 2.15. The number of carbonyl (C=O) groups excluding carboxylic acids is 1. The van der Waals surface area contributed by atoms with Crippen molar-refractivity contribution < 1.29 is 9.53 Å². The van der Waals surface area contributed by atoms with Gasteiger partial charge in [-0.2, -0.15) is 0 Å². The fourth-order valence-corrected chi connectivity index (χ4v) is 2.25. The number of ketones is 1. The van der Waals surface area contributed by atoms with Gasteiger partial charge in [0.25, 0.3) is 0 Å². The van der Waals surface area contributed by atoms with Crippen LogP contribution in [0.1, 0.15) is 29.3 Å². The van der Waals surface area contributed by atoms with Gasteiger partial charge in [0, 0.05) is 22.6 Å². The molecular weight excluding hydrogens is 336 g/mol. The van der Waals surface area contributed by atoms with Crippen LogP contribution < -0.4 is 4.74 Å². The van der Waals surface area contributed by atoms with Crippen molar-refractivity contribution in [2.24, 2.45) is 0 Å². The molecular formula is C12H14Br2O2. The van der Waals surface area contributed by atoms with Crippen LogP contribution in [0.2, 0.25) is 0 Å².